The van der Waals surface area contributed by atoms with Gasteiger partial charge in [0, 0.05) is 0 Å². The number of rotatable bonds is 6. The first kappa shape index (κ1) is 15.8. The molecule has 0 fully saturated rings. The quantitative estimate of drug-likeness (QED) is 0.327. The number of nitrogens with one attached hydrogen (secondary N) is 1. The molecule has 0 radical (unpaired) electrons. The van der Waals surface area contributed by atoms with E-state index in [4.69, 9.17) is 5.11 Å². The Bertz CT molecular complexity index is 556. The summed E-state index contributed by atoms with van der Waals surface area (Å²) in [5.41, 5.74) is 1.22. The number of aliphatic hydroxyl groups excluding tert-OH is 6. The molecular weight excluding hydrogens is 280 g/mol. The van der Waals surface area contributed by atoms with E-state index in [9.17, 15) is 25.5 Å². The van der Waals surface area contributed by atoms with Crippen LogP contribution in [0.3, 0.4) is 0 Å². The number of aromatic amines is 1. The van der Waals surface area contributed by atoms with Crippen molar-refractivity contribution in [2.24, 2.45) is 0 Å². The fourth-order valence-electron chi connectivity index (χ4n) is 2.00. The fraction of sp³-hybridized carbons (Fsp3) is 0.462. The van der Waals surface area contributed by atoms with Crippen molar-refractivity contribution in [1.82, 2.24) is 9.97 Å². The van der Waals surface area contributed by atoms with Gasteiger partial charge >= 0.3 is 0 Å². The van der Waals surface area contributed by atoms with Gasteiger partial charge in [0.25, 0.3) is 0 Å². The monoisotopic (exact) mass is 298 g/mol. The number of nitrogens with zero attached hydrogens (tertiary/aromatic N) is 1. The van der Waals surface area contributed by atoms with Crippen molar-refractivity contribution < 1.29 is 30.6 Å². The van der Waals surface area contributed by atoms with Crippen molar-refractivity contribution in [3.05, 3.63) is 30.1 Å². The standard InChI is InChI=1S/C13H18N2O6/c16-5-8(17)9(18)10(19)11(20)12(21)13-14-6-3-1-2-4-7(6)15-13/h1-4,8-12,16-21H,5H2,(H,14,15)/t8-,9-,10+,11-,12?/m1/s1. The lowest BCUT2D eigenvalue weighted by atomic mass is 9.99. The molecule has 0 aliphatic carbocycles. The molecule has 0 spiro atoms. The Morgan fingerprint density at radius 3 is 2.24 bits per heavy atom. The van der Waals surface area contributed by atoms with Gasteiger partial charge in [-0.25, -0.2) is 4.98 Å². The molecule has 116 valence electrons. The third kappa shape index (κ3) is 3.21. The molecule has 0 amide bonds. The van der Waals surface area contributed by atoms with Crippen LogP contribution in [0.5, 0.6) is 0 Å². The minimum absolute atomic E-state index is 0.0217. The van der Waals surface area contributed by atoms with E-state index in [0.29, 0.717) is 11.0 Å². The van der Waals surface area contributed by atoms with E-state index in [1.165, 1.54) is 0 Å². The largest absolute Gasteiger partial charge is 0.394 e. The maximum Gasteiger partial charge on any atom is 0.140 e. The Hall–Kier alpha value is -1.55. The normalized spacial score (nSPS) is 19.1. The van der Waals surface area contributed by atoms with Crippen LogP contribution in [0.15, 0.2) is 24.3 Å². The smallest absolute Gasteiger partial charge is 0.140 e. The van der Waals surface area contributed by atoms with E-state index in [1.807, 2.05) is 0 Å². The van der Waals surface area contributed by atoms with Gasteiger partial charge in [0.1, 0.15) is 36.3 Å². The number of aromatic nitrogens is 2. The zero-order chi connectivity index (χ0) is 15.6. The number of benzene rings is 1. The molecule has 5 atom stereocenters. The number of aliphatic hydroxyl groups is 6. The molecule has 0 saturated heterocycles. The molecule has 2 aromatic rings. The first-order chi connectivity index (χ1) is 9.95. The van der Waals surface area contributed by atoms with Crippen LogP contribution in [0.2, 0.25) is 0 Å². The summed E-state index contributed by atoms with van der Waals surface area (Å²) in [6.07, 6.45) is -8.66. The SMILES string of the molecule is OC[C@@H](O)[C@@H](O)[C@H](O)[C@@H](O)C(O)c1nc2ccccc2[nH]1. The third-order valence-corrected chi connectivity index (χ3v) is 3.29. The van der Waals surface area contributed by atoms with Gasteiger partial charge in [0.15, 0.2) is 0 Å². The predicted molar refractivity (Wildman–Crippen MR) is 72.2 cm³/mol. The molecular formula is C13H18N2O6. The Kier molecular flexibility index (Phi) is 4.88. The molecule has 0 saturated carbocycles. The molecule has 7 N–H and O–H groups in total. The van der Waals surface area contributed by atoms with E-state index < -0.39 is 37.1 Å². The number of para-hydroxylation sites is 2. The summed E-state index contributed by atoms with van der Waals surface area (Å²) in [6, 6.07) is 6.95. The van der Waals surface area contributed by atoms with Crippen molar-refractivity contribution >= 4 is 11.0 Å². The minimum Gasteiger partial charge on any atom is -0.394 e. The fourth-order valence-corrected chi connectivity index (χ4v) is 2.00. The number of imidazole rings is 1. The van der Waals surface area contributed by atoms with Crippen LogP contribution in [-0.4, -0.2) is 71.6 Å². The number of hydrogen-bond acceptors (Lipinski definition) is 7. The average Bonchev–Trinajstić information content (AvgIpc) is 2.95. The summed E-state index contributed by atoms with van der Waals surface area (Å²) >= 11 is 0. The van der Waals surface area contributed by atoms with E-state index in [2.05, 4.69) is 9.97 Å². The van der Waals surface area contributed by atoms with Crippen LogP contribution in [0, 0.1) is 0 Å². The molecule has 0 bridgehead atoms. The Morgan fingerprint density at radius 2 is 1.62 bits per heavy atom. The number of fused-ring (bicyclic) bond motifs is 1. The predicted octanol–water partition coefficient (Wildman–Crippen LogP) is -1.97. The van der Waals surface area contributed by atoms with Crippen molar-refractivity contribution in [2.45, 2.75) is 30.5 Å². The average molecular weight is 298 g/mol. The zero-order valence-corrected chi connectivity index (χ0v) is 11.0. The molecule has 1 unspecified atom stereocenters. The minimum atomic E-state index is -1.85. The molecule has 21 heavy (non-hydrogen) atoms. The van der Waals surface area contributed by atoms with Crippen molar-refractivity contribution in [3.63, 3.8) is 0 Å². The van der Waals surface area contributed by atoms with Gasteiger partial charge in [-0.2, -0.15) is 0 Å². The Labute approximate surface area is 119 Å². The Balaban J connectivity index is 2.16. The lowest BCUT2D eigenvalue weighted by Gasteiger charge is -2.27. The highest BCUT2D eigenvalue weighted by molar-refractivity contribution is 5.74. The topological polar surface area (TPSA) is 150 Å². The summed E-state index contributed by atoms with van der Waals surface area (Å²) < 4.78 is 0. The van der Waals surface area contributed by atoms with Gasteiger partial charge in [-0.05, 0) is 12.1 Å². The van der Waals surface area contributed by atoms with Crippen molar-refractivity contribution in [2.75, 3.05) is 6.61 Å². The summed E-state index contributed by atoms with van der Waals surface area (Å²) in [7, 11) is 0. The van der Waals surface area contributed by atoms with Gasteiger partial charge in [-0.1, -0.05) is 12.1 Å². The van der Waals surface area contributed by atoms with Gasteiger partial charge in [0.2, 0.25) is 0 Å². The van der Waals surface area contributed by atoms with Crippen LogP contribution >= 0.6 is 0 Å². The highest BCUT2D eigenvalue weighted by Gasteiger charge is 2.35. The number of hydrogen-bond donors (Lipinski definition) is 7. The van der Waals surface area contributed by atoms with Crippen LogP contribution < -0.4 is 0 Å². The highest BCUT2D eigenvalue weighted by atomic mass is 16.4. The van der Waals surface area contributed by atoms with Crippen molar-refractivity contribution in [1.29, 1.82) is 0 Å². The van der Waals surface area contributed by atoms with Crippen molar-refractivity contribution in [3.8, 4) is 0 Å². The Morgan fingerprint density at radius 1 is 0.952 bits per heavy atom. The molecule has 8 heteroatoms. The summed E-state index contributed by atoms with van der Waals surface area (Å²) in [4.78, 5) is 6.86. The molecule has 1 heterocycles. The van der Waals surface area contributed by atoms with E-state index >= 15 is 0 Å². The first-order valence-corrected chi connectivity index (χ1v) is 6.41. The maximum atomic E-state index is 10.0. The van der Waals surface area contributed by atoms with Crippen LogP contribution in [-0.2, 0) is 0 Å². The highest BCUT2D eigenvalue weighted by Crippen LogP contribution is 2.21. The molecule has 8 nitrogen and oxygen atoms in total. The summed E-state index contributed by atoms with van der Waals surface area (Å²) in [6.45, 7) is -0.786. The van der Waals surface area contributed by atoms with Gasteiger partial charge in [-0.3, -0.25) is 0 Å². The van der Waals surface area contributed by atoms with Crippen LogP contribution in [0.4, 0.5) is 0 Å². The molecule has 2 rings (SSSR count). The second-order valence-electron chi connectivity index (χ2n) is 4.81. The van der Waals surface area contributed by atoms with Crippen LogP contribution in [0.25, 0.3) is 11.0 Å². The van der Waals surface area contributed by atoms with E-state index in [0.717, 1.165) is 0 Å². The van der Waals surface area contributed by atoms with Gasteiger partial charge < -0.3 is 35.6 Å². The lowest BCUT2D eigenvalue weighted by Crippen LogP contribution is -2.47. The lowest BCUT2D eigenvalue weighted by molar-refractivity contribution is -0.142. The van der Waals surface area contributed by atoms with Crippen LogP contribution in [0.1, 0.15) is 11.9 Å². The summed E-state index contributed by atoms with van der Waals surface area (Å²) in [5, 5.41) is 57.1. The second-order valence-corrected chi connectivity index (χ2v) is 4.81. The van der Waals surface area contributed by atoms with Gasteiger partial charge in [-0.15, -0.1) is 0 Å². The second kappa shape index (κ2) is 6.48. The number of H-pyrrole nitrogens is 1. The molecule has 0 aliphatic heterocycles. The van der Waals surface area contributed by atoms with Gasteiger partial charge in [0.05, 0.1) is 17.6 Å². The molecule has 1 aromatic heterocycles. The van der Waals surface area contributed by atoms with E-state index in [1.54, 1.807) is 24.3 Å². The molecule has 0 aliphatic rings. The summed E-state index contributed by atoms with van der Waals surface area (Å²) in [5.74, 6) is 0.0217. The molecule has 1 aromatic carbocycles. The first-order valence-electron chi connectivity index (χ1n) is 6.41. The maximum absolute atomic E-state index is 10.0. The zero-order valence-electron chi connectivity index (χ0n) is 11.0. The van der Waals surface area contributed by atoms with E-state index in [-0.39, 0.29) is 5.82 Å². The third-order valence-electron chi connectivity index (χ3n) is 3.29.